The summed E-state index contributed by atoms with van der Waals surface area (Å²) in [7, 11) is 0. The molecule has 0 aliphatic carbocycles. The Balaban J connectivity index is 1.52. The fraction of sp³-hybridized carbons (Fsp3) is 0.174. The Morgan fingerprint density at radius 2 is 1.77 bits per heavy atom. The molecule has 6 nitrogen and oxygen atoms in total. The third-order valence-electron chi connectivity index (χ3n) is 5.02. The summed E-state index contributed by atoms with van der Waals surface area (Å²) < 4.78 is 7.17. The van der Waals surface area contributed by atoms with Crippen LogP contribution in [0.4, 0.5) is 5.69 Å². The minimum absolute atomic E-state index is 0.201. The predicted octanol–water partition coefficient (Wildman–Crippen LogP) is 6.07. The number of benzene rings is 2. The highest BCUT2D eigenvalue weighted by Gasteiger charge is 2.19. The Hall–Kier alpha value is -3.09. The van der Waals surface area contributed by atoms with Crippen molar-refractivity contribution in [2.45, 2.75) is 27.3 Å². The van der Waals surface area contributed by atoms with E-state index in [2.05, 4.69) is 15.6 Å². The first-order valence-corrected chi connectivity index (χ1v) is 10.4. The molecule has 4 aromatic rings. The molecule has 0 fully saturated rings. The molecule has 1 N–H and O–H groups in total. The summed E-state index contributed by atoms with van der Waals surface area (Å²) in [5.41, 5.74) is 5.32. The van der Waals surface area contributed by atoms with Crippen molar-refractivity contribution >= 4 is 34.8 Å². The maximum atomic E-state index is 12.8. The number of rotatable bonds is 5. The molecule has 0 atom stereocenters. The van der Waals surface area contributed by atoms with E-state index in [9.17, 15) is 4.79 Å². The SMILES string of the molecule is Cc1ccc(-c2cc(C(=O)Nc3c(C)nn(Cc4ccc(Cl)c(Cl)c4)c3C)no2)cc1. The largest absolute Gasteiger partial charge is 0.355 e. The molecule has 0 unspecified atom stereocenters. The van der Waals surface area contributed by atoms with Gasteiger partial charge >= 0.3 is 0 Å². The van der Waals surface area contributed by atoms with Gasteiger partial charge in [0.25, 0.3) is 5.91 Å². The number of carbonyl (C=O) groups excluding carboxylic acids is 1. The molecular weight excluding hydrogens is 435 g/mol. The number of hydrogen-bond acceptors (Lipinski definition) is 4. The number of nitrogens with one attached hydrogen (secondary N) is 1. The highest BCUT2D eigenvalue weighted by atomic mass is 35.5. The minimum Gasteiger partial charge on any atom is -0.355 e. The smallest absolute Gasteiger partial charge is 0.277 e. The molecule has 2 heterocycles. The molecule has 0 aliphatic rings. The van der Waals surface area contributed by atoms with E-state index >= 15 is 0 Å². The predicted molar refractivity (Wildman–Crippen MR) is 122 cm³/mol. The third kappa shape index (κ3) is 4.50. The van der Waals surface area contributed by atoms with E-state index < -0.39 is 0 Å². The topological polar surface area (TPSA) is 73.0 Å². The van der Waals surface area contributed by atoms with E-state index in [1.807, 2.05) is 55.8 Å². The second kappa shape index (κ2) is 8.57. The van der Waals surface area contributed by atoms with Gasteiger partial charge in [0, 0.05) is 11.6 Å². The van der Waals surface area contributed by atoms with Crippen molar-refractivity contribution in [3.05, 3.63) is 86.8 Å². The highest BCUT2D eigenvalue weighted by molar-refractivity contribution is 6.42. The number of anilines is 1. The van der Waals surface area contributed by atoms with Crippen molar-refractivity contribution in [1.29, 1.82) is 0 Å². The molecule has 0 saturated carbocycles. The van der Waals surface area contributed by atoms with Crippen LogP contribution in [0.1, 0.15) is 33.0 Å². The van der Waals surface area contributed by atoms with E-state index in [1.54, 1.807) is 18.2 Å². The Kier molecular flexibility index (Phi) is 5.85. The number of halogens is 2. The second-order valence-electron chi connectivity index (χ2n) is 7.35. The molecule has 1 amide bonds. The van der Waals surface area contributed by atoms with Crippen LogP contribution < -0.4 is 5.32 Å². The molecular formula is C23H20Cl2N4O2. The van der Waals surface area contributed by atoms with Crippen LogP contribution in [-0.2, 0) is 6.54 Å². The molecule has 4 rings (SSSR count). The van der Waals surface area contributed by atoms with Gasteiger partial charge in [0.2, 0.25) is 0 Å². The van der Waals surface area contributed by atoms with Crippen LogP contribution in [-0.4, -0.2) is 20.8 Å². The summed E-state index contributed by atoms with van der Waals surface area (Å²) in [6.45, 7) is 6.25. The Morgan fingerprint density at radius 3 is 2.48 bits per heavy atom. The average Bonchev–Trinajstić information content (AvgIpc) is 3.33. The zero-order chi connectivity index (χ0) is 22.1. The van der Waals surface area contributed by atoms with E-state index in [0.29, 0.717) is 33.7 Å². The van der Waals surface area contributed by atoms with Gasteiger partial charge in [0.1, 0.15) is 0 Å². The number of carbonyl (C=O) groups is 1. The zero-order valence-electron chi connectivity index (χ0n) is 17.2. The maximum Gasteiger partial charge on any atom is 0.277 e. The van der Waals surface area contributed by atoms with Crippen LogP contribution in [0.5, 0.6) is 0 Å². The van der Waals surface area contributed by atoms with Crippen LogP contribution in [0, 0.1) is 20.8 Å². The van der Waals surface area contributed by atoms with E-state index in [0.717, 1.165) is 22.4 Å². The number of aryl methyl sites for hydroxylation is 2. The maximum absolute atomic E-state index is 12.8. The molecule has 2 aromatic carbocycles. The Labute approximate surface area is 189 Å². The average molecular weight is 455 g/mol. The van der Waals surface area contributed by atoms with Crippen molar-refractivity contribution in [2.75, 3.05) is 5.32 Å². The van der Waals surface area contributed by atoms with Gasteiger partial charge in [-0.15, -0.1) is 0 Å². The molecule has 0 spiro atoms. The zero-order valence-corrected chi connectivity index (χ0v) is 18.8. The first-order chi connectivity index (χ1) is 14.8. The number of hydrogen-bond donors (Lipinski definition) is 1. The van der Waals surface area contributed by atoms with E-state index in [4.69, 9.17) is 27.7 Å². The lowest BCUT2D eigenvalue weighted by Gasteiger charge is -2.07. The van der Waals surface area contributed by atoms with E-state index in [-0.39, 0.29) is 11.6 Å². The fourth-order valence-corrected chi connectivity index (χ4v) is 3.58. The first-order valence-electron chi connectivity index (χ1n) is 9.65. The lowest BCUT2D eigenvalue weighted by Crippen LogP contribution is -2.13. The Bertz CT molecular complexity index is 1260. The molecule has 31 heavy (non-hydrogen) atoms. The van der Waals surface area contributed by atoms with Crippen molar-refractivity contribution in [2.24, 2.45) is 0 Å². The minimum atomic E-state index is -0.359. The Morgan fingerprint density at radius 1 is 1.03 bits per heavy atom. The summed E-state index contributed by atoms with van der Waals surface area (Å²) in [4.78, 5) is 12.8. The van der Waals surface area contributed by atoms with Gasteiger partial charge in [-0.1, -0.05) is 64.3 Å². The van der Waals surface area contributed by atoms with Crippen LogP contribution >= 0.6 is 23.2 Å². The van der Waals surface area contributed by atoms with Gasteiger partial charge in [-0.25, -0.2) is 0 Å². The van der Waals surface area contributed by atoms with Crippen molar-refractivity contribution < 1.29 is 9.32 Å². The van der Waals surface area contributed by atoms with E-state index in [1.165, 1.54) is 0 Å². The standard InChI is InChI=1S/C23H20Cl2N4O2/c1-13-4-7-17(8-5-13)21-11-20(28-31-21)23(30)26-22-14(2)27-29(15(22)3)12-16-6-9-18(24)19(25)10-16/h4-11H,12H2,1-3H3,(H,26,30). The summed E-state index contributed by atoms with van der Waals surface area (Å²) >= 11 is 12.1. The highest BCUT2D eigenvalue weighted by Crippen LogP contribution is 2.26. The number of aromatic nitrogens is 3. The third-order valence-corrected chi connectivity index (χ3v) is 5.75. The van der Waals surface area contributed by atoms with Crippen molar-refractivity contribution in [3.8, 4) is 11.3 Å². The van der Waals surface area contributed by atoms with Crippen molar-refractivity contribution in [1.82, 2.24) is 14.9 Å². The molecule has 8 heteroatoms. The summed E-state index contributed by atoms with van der Waals surface area (Å²) in [5.74, 6) is 0.177. The molecule has 0 aliphatic heterocycles. The molecule has 0 saturated heterocycles. The molecule has 0 bridgehead atoms. The van der Waals surface area contributed by atoms with Crippen LogP contribution in [0.25, 0.3) is 11.3 Å². The van der Waals surface area contributed by atoms with Crippen molar-refractivity contribution in [3.63, 3.8) is 0 Å². The monoisotopic (exact) mass is 454 g/mol. The molecule has 0 radical (unpaired) electrons. The van der Waals surface area contributed by atoms with Gasteiger partial charge in [0.15, 0.2) is 11.5 Å². The summed E-state index contributed by atoms with van der Waals surface area (Å²) in [6.07, 6.45) is 0. The number of nitrogens with zero attached hydrogens (tertiary/aromatic N) is 3. The first kappa shape index (κ1) is 21.2. The van der Waals surface area contributed by atoms with Gasteiger partial charge in [-0.3, -0.25) is 9.48 Å². The van der Waals surface area contributed by atoms with Gasteiger partial charge < -0.3 is 9.84 Å². The quantitative estimate of drug-likeness (QED) is 0.396. The van der Waals surface area contributed by atoms with Gasteiger partial charge in [0.05, 0.1) is 33.7 Å². The van der Waals surface area contributed by atoms with Gasteiger partial charge in [-0.2, -0.15) is 5.10 Å². The molecule has 158 valence electrons. The van der Waals surface area contributed by atoms with Crippen LogP contribution in [0.2, 0.25) is 10.0 Å². The van der Waals surface area contributed by atoms with Crippen LogP contribution in [0.15, 0.2) is 53.1 Å². The lowest BCUT2D eigenvalue weighted by atomic mass is 10.1. The lowest BCUT2D eigenvalue weighted by molar-refractivity contribution is 0.101. The number of amides is 1. The van der Waals surface area contributed by atoms with Gasteiger partial charge in [-0.05, 0) is 38.5 Å². The van der Waals surface area contributed by atoms with Crippen LogP contribution in [0.3, 0.4) is 0 Å². The summed E-state index contributed by atoms with van der Waals surface area (Å²) in [5, 5.41) is 12.4. The summed E-state index contributed by atoms with van der Waals surface area (Å²) in [6, 6.07) is 14.9. The fourth-order valence-electron chi connectivity index (χ4n) is 3.26. The second-order valence-corrected chi connectivity index (χ2v) is 8.16. The normalized spacial score (nSPS) is 11.0. The molecule has 2 aromatic heterocycles.